The van der Waals surface area contributed by atoms with Crippen molar-refractivity contribution in [3.63, 3.8) is 0 Å². The molecular weight excluding hydrogens is 296 g/mol. The van der Waals surface area contributed by atoms with Gasteiger partial charge in [0.25, 0.3) is 0 Å². The molecule has 5 nitrogen and oxygen atoms in total. The van der Waals surface area contributed by atoms with Crippen LogP contribution in [0.5, 0.6) is 0 Å². The van der Waals surface area contributed by atoms with Gasteiger partial charge in [-0.15, -0.1) is 0 Å². The van der Waals surface area contributed by atoms with E-state index in [4.69, 9.17) is 12.7 Å². The van der Waals surface area contributed by atoms with Gasteiger partial charge in [0.2, 0.25) is 0 Å². The monoisotopic (exact) mass is 322 g/mol. The molecule has 112 valence electrons. The van der Waals surface area contributed by atoms with Crippen molar-refractivity contribution >= 4 is 31.4 Å². The molecule has 0 radical (unpaired) electrons. The number of hydrogen-bond acceptors (Lipinski definition) is 5. The molecule has 0 rings (SSSR count). The van der Waals surface area contributed by atoms with Crippen LogP contribution in [0.1, 0.15) is 6.92 Å². The fourth-order valence-electron chi connectivity index (χ4n) is 1.32. The lowest BCUT2D eigenvalue weighted by Crippen LogP contribution is -2.60. The summed E-state index contributed by atoms with van der Waals surface area (Å²) in [6.45, 7) is 16.9. The molecule has 0 unspecified atom stereocenters. The Labute approximate surface area is 119 Å². The Morgan fingerprint density at radius 1 is 1.05 bits per heavy atom. The van der Waals surface area contributed by atoms with Crippen LogP contribution in [0.3, 0.4) is 0 Å². The van der Waals surface area contributed by atoms with Gasteiger partial charge in [0, 0.05) is 5.57 Å². The van der Waals surface area contributed by atoms with Crippen LogP contribution in [0.4, 0.5) is 0 Å². The topological polar surface area (TPSA) is 65.0 Å². The maximum atomic E-state index is 11.8. The zero-order valence-corrected chi connectivity index (χ0v) is 16.0. The van der Waals surface area contributed by atoms with E-state index in [1.54, 1.807) is 6.92 Å². The first kappa shape index (κ1) is 18.7. The standard InChI is InChI=1S/C11H26O5Si3/c1-10(2)11(13)14-19(9-12,15-17(3,4)5)16-18(6,7)8/h12H,1,9H2,2-8H3. The third kappa shape index (κ3) is 7.80. The molecule has 0 aromatic rings. The van der Waals surface area contributed by atoms with E-state index < -0.39 is 37.6 Å². The van der Waals surface area contributed by atoms with Crippen molar-refractivity contribution in [3.05, 3.63) is 12.2 Å². The van der Waals surface area contributed by atoms with Gasteiger partial charge in [-0.1, -0.05) is 6.58 Å². The summed E-state index contributed by atoms with van der Waals surface area (Å²) in [5, 5.41) is 9.68. The van der Waals surface area contributed by atoms with Gasteiger partial charge >= 0.3 is 14.8 Å². The molecular formula is C11H26O5Si3. The third-order valence-corrected chi connectivity index (χ3v) is 9.98. The molecule has 19 heavy (non-hydrogen) atoms. The Balaban J connectivity index is 5.29. The molecule has 0 saturated carbocycles. The Morgan fingerprint density at radius 2 is 1.42 bits per heavy atom. The van der Waals surface area contributed by atoms with Gasteiger partial charge in [-0.25, -0.2) is 4.79 Å². The van der Waals surface area contributed by atoms with E-state index in [0.717, 1.165) is 0 Å². The molecule has 0 aliphatic carbocycles. The van der Waals surface area contributed by atoms with Gasteiger partial charge in [-0.3, -0.25) is 0 Å². The van der Waals surface area contributed by atoms with E-state index in [1.807, 2.05) is 39.3 Å². The Hall–Kier alpha value is -0.259. The van der Waals surface area contributed by atoms with Crippen molar-refractivity contribution in [1.29, 1.82) is 0 Å². The van der Waals surface area contributed by atoms with Gasteiger partial charge in [0.1, 0.15) is 6.23 Å². The summed E-state index contributed by atoms with van der Waals surface area (Å²) in [7, 11) is -7.44. The molecule has 0 aromatic heterocycles. The van der Waals surface area contributed by atoms with Crippen LogP contribution in [-0.4, -0.2) is 42.7 Å². The van der Waals surface area contributed by atoms with Crippen LogP contribution in [0.25, 0.3) is 0 Å². The first-order valence-corrected chi connectivity index (χ1v) is 15.0. The van der Waals surface area contributed by atoms with Crippen LogP contribution in [-0.2, 0) is 17.5 Å². The van der Waals surface area contributed by atoms with Crippen LogP contribution in [0.15, 0.2) is 12.2 Å². The second-order valence-corrected chi connectivity index (χ2v) is 18.4. The maximum absolute atomic E-state index is 11.8. The van der Waals surface area contributed by atoms with Crippen molar-refractivity contribution < 1.29 is 22.6 Å². The molecule has 0 atom stereocenters. The minimum atomic E-state index is -3.40. The van der Waals surface area contributed by atoms with E-state index in [2.05, 4.69) is 6.58 Å². The van der Waals surface area contributed by atoms with Gasteiger partial charge in [-0.05, 0) is 46.2 Å². The lowest BCUT2D eigenvalue weighted by molar-refractivity contribution is -0.133. The zero-order chi connectivity index (χ0) is 15.5. The zero-order valence-electron chi connectivity index (χ0n) is 13.0. The summed E-state index contributed by atoms with van der Waals surface area (Å²) in [6.07, 6.45) is -0.402. The molecule has 0 fully saturated rings. The summed E-state index contributed by atoms with van der Waals surface area (Å²) in [5.41, 5.74) is 0.267. The molecule has 0 saturated heterocycles. The fourth-order valence-corrected chi connectivity index (χ4v) is 10.7. The predicted molar refractivity (Wildman–Crippen MR) is 82.6 cm³/mol. The lowest BCUT2D eigenvalue weighted by Gasteiger charge is -2.37. The highest BCUT2D eigenvalue weighted by atomic mass is 28.5. The number of carbonyl (C=O) groups is 1. The minimum Gasteiger partial charge on any atom is -0.470 e. The Morgan fingerprint density at radius 3 is 1.63 bits per heavy atom. The van der Waals surface area contributed by atoms with Crippen molar-refractivity contribution in [2.75, 3.05) is 6.23 Å². The lowest BCUT2D eigenvalue weighted by atomic mass is 10.4. The van der Waals surface area contributed by atoms with E-state index >= 15 is 0 Å². The first-order chi connectivity index (χ1) is 8.30. The van der Waals surface area contributed by atoms with Crippen LogP contribution < -0.4 is 0 Å². The van der Waals surface area contributed by atoms with Crippen LogP contribution in [0.2, 0.25) is 39.3 Å². The smallest absolute Gasteiger partial charge is 0.470 e. The van der Waals surface area contributed by atoms with E-state index in [0.29, 0.717) is 0 Å². The number of rotatable bonds is 7. The molecule has 1 N–H and O–H groups in total. The quantitative estimate of drug-likeness (QED) is 0.575. The second-order valence-electron chi connectivity index (χ2n) is 6.44. The normalized spacial score (nSPS) is 13.3. The van der Waals surface area contributed by atoms with Crippen molar-refractivity contribution in [2.24, 2.45) is 0 Å². The largest absolute Gasteiger partial charge is 0.574 e. The van der Waals surface area contributed by atoms with E-state index in [9.17, 15) is 9.90 Å². The number of aliphatic hydroxyl groups excluding tert-OH is 1. The molecule has 0 aromatic carbocycles. The van der Waals surface area contributed by atoms with Crippen LogP contribution in [0, 0.1) is 0 Å². The predicted octanol–water partition coefficient (Wildman–Crippen LogP) is 2.28. The molecule has 0 aliphatic heterocycles. The summed E-state index contributed by atoms with van der Waals surface area (Å²) in [5.74, 6) is -0.572. The van der Waals surface area contributed by atoms with Gasteiger partial charge < -0.3 is 17.8 Å². The fraction of sp³-hybridized carbons (Fsp3) is 0.727. The molecule has 8 heteroatoms. The summed E-state index contributed by atoms with van der Waals surface area (Å²) in [6, 6.07) is 0. The van der Waals surface area contributed by atoms with E-state index in [-0.39, 0.29) is 5.57 Å². The second kappa shape index (κ2) is 6.46. The Kier molecular flexibility index (Phi) is 6.37. The highest BCUT2D eigenvalue weighted by molar-refractivity contribution is 6.86. The summed E-state index contributed by atoms with van der Waals surface area (Å²) >= 11 is 0. The average molecular weight is 323 g/mol. The van der Waals surface area contributed by atoms with Crippen molar-refractivity contribution in [2.45, 2.75) is 46.2 Å². The third-order valence-electron chi connectivity index (χ3n) is 1.71. The molecule has 0 bridgehead atoms. The average Bonchev–Trinajstić information content (AvgIpc) is 2.11. The SMILES string of the molecule is C=C(C)C(=O)O[Si](CO)(O[Si](C)(C)C)O[Si](C)(C)C. The highest BCUT2D eigenvalue weighted by Crippen LogP contribution is 2.22. The van der Waals surface area contributed by atoms with Gasteiger partial charge in [-0.2, -0.15) is 0 Å². The first-order valence-electron chi connectivity index (χ1n) is 6.20. The maximum Gasteiger partial charge on any atom is 0.574 e. The molecule has 0 spiro atoms. The van der Waals surface area contributed by atoms with Crippen molar-refractivity contribution in [3.8, 4) is 0 Å². The molecule has 0 heterocycles. The highest BCUT2D eigenvalue weighted by Gasteiger charge is 2.50. The number of hydrogen-bond donors (Lipinski definition) is 1. The molecule has 0 aliphatic rings. The Bertz CT molecular complexity index is 327. The van der Waals surface area contributed by atoms with Gasteiger partial charge in [0.05, 0.1) is 0 Å². The van der Waals surface area contributed by atoms with Gasteiger partial charge in [0.15, 0.2) is 16.6 Å². The van der Waals surface area contributed by atoms with Crippen LogP contribution >= 0.6 is 0 Å². The summed E-state index contributed by atoms with van der Waals surface area (Å²) in [4.78, 5) is 11.8. The minimum absolute atomic E-state index is 0.267. The number of aliphatic hydroxyl groups is 1. The number of carbonyl (C=O) groups excluding carboxylic acids is 1. The van der Waals surface area contributed by atoms with E-state index in [1.165, 1.54) is 0 Å². The molecule has 0 amide bonds. The summed E-state index contributed by atoms with van der Waals surface area (Å²) < 4.78 is 17.2. The van der Waals surface area contributed by atoms with Crippen molar-refractivity contribution in [1.82, 2.24) is 0 Å².